The lowest BCUT2D eigenvalue weighted by Gasteiger charge is -2.44. The Kier molecular flexibility index (Phi) is 4.97. The first-order valence-electron chi connectivity index (χ1n) is 10.4. The van der Waals surface area contributed by atoms with Gasteiger partial charge in [0.05, 0.1) is 17.7 Å². The predicted octanol–water partition coefficient (Wildman–Crippen LogP) is 5.72. The zero-order chi connectivity index (χ0) is 20.1. The average Bonchev–Trinajstić information content (AvgIpc) is 2.93. The Balaban J connectivity index is 1.82. The second kappa shape index (κ2) is 7.05. The molecule has 1 aliphatic heterocycles. The second-order valence-electron chi connectivity index (χ2n) is 8.96. The summed E-state index contributed by atoms with van der Waals surface area (Å²) in [4.78, 5) is 19.0. The number of nitrogens with zero attached hydrogens (tertiary/aromatic N) is 1. The van der Waals surface area contributed by atoms with E-state index in [9.17, 15) is 4.79 Å². The number of fused-ring (bicyclic) bond motifs is 2. The maximum Gasteiger partial charge on any atom is 0.150 e. The standard InChI is InChI=1S/C24H31NO2S/c1-15-9-10-19(27-4)18(12-15)17-13-21(26)24(14-16(17)2)20-8-6-7-11-23(20,3)25-22(24)28-5/h9-10,12,14,17,20H,6-8,11,13H2,1-5H3/t17-,20-,23-,24-/m1/s1. The molecule has 1 aromatic rings. The van der Waals surface area contributed by atoms with Crippen LogP contribution >= 0.6 is 11.8 Å². The molecule has 0 unspecified atom stereocenters. The molecular weight excluding hydrogens is 366 g/mol. The van der Waals surface area contributed by atoms with Gasteiger partial charge in [-0.3, -0.25) is 9.79 Å². The van der Waals surface area contributed by atoms with Crippen LogP contribution in [0, 0.1) is 18.3 Å². The van der Waals surface area contributed by atoms with E-state index in [-0.39, 0.29) is 11.5 Å². The van der Waals surface area contributed by atoms with Gasteiger partial charge in [0.15, 0.2) is 5.78 Å². The van der Waals surface area contributed by atoms with Gasteiger partial charge in [0.2, 0.25) is 0 Å². The SMILES string of the molecule is COc1ccc(C)cc1[C@@H]1CC(=O)[C@]2(C=C1C)C(SC)=N[C@]1(C)CCCC[C@@H]21. The van der Waals surface area contributed by atoms with E-state index >= 15 is 0 Å². The largest absolute Gasteiger partial charge is 0.496 e. The molecule has 4 rings (SSSR count). The van der Waals surface area contributed by atoms with E-state index in [4.69, 9.17) is 9.73 Å². The molecule has 1 saturated carbocycles. The Morgan fingerprint density at radius 1 is 1.25 bits per heavy atom. The van der Waals surface area contributed by atoms with Crippen LogP contribution in [0.2, 0.25) is 0 Å². The van der Waals surface area contributed by atoms with Crippen molar-refractivity contribution < 1.29 is 9.53 Å². The molecule has 1 aromatic carbocycles. The summed E-state index contributed by atoms with van der Waals surface area (Å²) in [6.45, 7) is 6.56. The summed E-state index contributed by atoms with van der Waals surface area (Å²) in [7, 11) is 1.71. The van der Waals surface area contributed by atoms with Gasteiger partial charge in [-0.1, -0.05) is 42.2 Å². The fourth-order valence-corrected chi connectivity index (χ4v) is 6.82. The highest BCUT2D eigenvalue weighted by Gasteiger charge is 2.61. The molecule has 0 bridgehead atoms. The van der Waals surface area contributed by atoms with Gasteiger partial charge in [-0.15, -0.1) is 11.8 Å². The number of hydrogen-bond donors (Lipinski definition) is 0. The minimum absolute atomic E-state index is 0.0864. The van der Waals surface area contributed by atoms with Gasteiger partial charge in [0.25, 0.3) is 0 Å². The van der Waals surface area contributed by atoms with Gasteiger partial charge in [-0.2, -0.15) is 0 Å². The number of Topliss-reactive ketones (excluding diaryl/α,β-unsaturated/α-hetero) is 1. The molecule has 0 saturated heterocycles. The van der Waals surface area contributed by atoms with Crippen LogP contribution in [0.1, 0.15) is 63.0 Å². The molecular formula is C24H31NO2S. The Labute approximate surface area is 173 Å². The van der Waals surface area contributed by atoms with E-state index in [1.807, 2.05) is 6.07 Å². The van der Waals surface area contributed by atoms with E-state index in [1.54, 1.807) is 18.9 Å². The third kappa shape index (κ3) is 2.79. The van der Waals surface area contributed by atoms with Crippen molar-refractivity contribution in [3.05, 3.63) is 41.0 Å². The molecule has 150 valence electrons. The normalized spacial score (nSPS) is 34.8. The van der Waals surface area contributed by atoms with Crippen molar-refractivity contribution in [2.24, 2.45) is 16.3 Å². The predicted molar refractivity (Wildman–Crippen MR) is 118 cm³/mol. The first kappa shape index (κ1) is 19.8. The van der Waals surface area contributed by atoms with Crippen molar-refractivity contribution in [1.29, 1.82) is 0 Å². The summed E-state index contributed by atoms with van der Waals surface area (Å²) in [5, 5.41) is 1.04. The third-order valence-corrected chi connectivity index (χ3v) is 8.06. The van der Waals surface area contributed by atoms with E-state index < -0.39 is 5.41 Å². The summed E-state index contributed by atoms with van der Waals surface area (Å²) in [6, 6.07) is 6.26. The average molecular weight is 398 g/mol. The molecule has 0 N–H and O–H groups in total. The molecule has 4 heteroatoms. The van der Waals surface area contributed by atoms with Gasteiger partial charge >= 0.3 is 0 Å². The molecule has 3 aliphatic rings. The Hall–Kier alpha value is -1.55. The summed E-state index contributed by atoms with van der Waals surface area (Å²) >= 11 is 1.68. The fraction of sp³-hybridized carbons (Fsp3) is 0.583. The number of ether oxygens (including phenoxy) is 1. The first-order valence-corrected chi connectivity index (χ1v) is 11.6. The minimum atomic E-state index is -0.508. The van der Waals surface area contributed by atoms with Crippen molar-refractivity contribution in [3.8, 4) is 5.75 Å². The molecule has 1 spiro atoms. The van der Waals surface area contributed by atoms with Crippen LogP contribution in [0.4, 0.5) is 0 Å². The van der Waals surface area contributed by atoms with Crippen molar-refractivity contribution in [2.45, 2.75) is 64.3 Å². The minimum Gasteiger partial charge on any atom is -0.496 e. The zero-order valence-electron chi connectivity index (χ0n) is 17.7. The van der Waals surface area contributed by atoms with Crippen LogP contribution in [0.5, 0.6) is 5.75 Å². The topological polar surface area (TPSA) is 38.7 Å². The molecule has 28 heavy (non-hydrogen) atoms. The van der Waals surface area contributed by atoms with Crippen LogP contribution in [0.15, 0.2) is 34.8 Å². The fourth-order valence-electron chi connectivity index (χ4n) is 5.87. The van der Waals surface area contributed by atoms with Gasteiger partial charge < -0.3 is 4.74 Å². The molecule has 0 radical (unpaired) electrons. The van der Waals surface area contributed by atoms with E-state index in [0.29, 0.717) is 18.1 Å². The molecule has 3 nitrogen and oxygen atoms in total. The maximum absolute atomic E-state index is 13.8. The zero-order valence-corrected chi connectivity index (χ0v) is 18.5. The highest BCUT2D eigenvalue weighted by Crippen LogP contribution is 2.59. The highest BCUT2D eigenvalue weighted by atomic mass is 32.2. The van der Waals surface area contributed by atoms with Crippen LogP contribution < -0.4 is 4.74 Å². The summed E-state index contributed by atoms with van der Waals surface area (Å²) < 4.78 is 5.63. The summed E-state index contributed by atoms with van der Waals surface area (Å²) in [6.07, 6.45) is 9.52. The number of ketones is 1. The van der Waals surface area contributed by atoms with Crippen molar-refractivity contribution >= 4 is 22.6 Å². The number of benzene rings is 1. The quantitative estimate of drug-likeness (QED) is 0.599. The van der Waals surface area contributed by atoms with Gasteiger partial charge in [0.1, 0.15) is 11.2 Å². The number of carbonyl (C=O) groups excluding carboxylic acids is 1. The van der Waals surface area contributed by atoms with Crippen LogP contribution in [-0.2, 0) is 4.79 Å². The summed E-state index contributed by atoms with van der Waals surface area (Å²) in [5.41, 5.74) is 3.01. The highest BCUT2D eigenvalue weighted by molar-refractivity contribution is 8.13. The molecule has 2 aliphatic carbocycles. The van der Waals surface area contributed by atoms with Gasteiger partial charge in [-0.25, -0.2) is 0 Å². The Morgan fingerprint density at radius 2 is 2.04 bits per heavy atom. The van der Waals surface area contributed by atoms with Crippen molar-refractivity contribution in [2.75, 3.05) is 13.4 Å². The summed E-state index contributed by atoms with van der Waals surface area (Å²) in [5.74, 6) is 1.61. The molecule has 1 fully saturated rings. The van der Waals surface area contributed by atoms with Crippen LogP contribution in [0.3, 0.4) is 0 Å². The number of rotatable bonds is 2. The van der Waals surface area contributed by atoms with E-state index in [1.165, 1.54) is 24.0 Å². The lowest BCUT2D eigenvalue weighted by molar-refractivity contribution is -0.127. The third-order valence-electron chi connectivity index (χ3n) is 7.25. The Bertz CT molecular complexity index is 873. The molecule has 1 heterocycles. The number of methoxy groups -OCH3 is 1. The molecule has 4 atom stereocenters. The molecule has 0 amide bonds. The first-order chi connectivity index (χ1) is 13.4. The van der Waals surface area contributed by atoms with Gasteiger partial charge in [-0.05, 0) is 45.9 Å². The lowest BCUT2D eigenvalue weighted by Crippen LogP contribution is -2.49. The molecule has 0 aromatic heterocycles. The monoisotopic (exact) mass is 397 g/mol. The number of aryl methyl sites for hydroxylation is 1. The smallest absolute Gasteiger partial charge is 0.150 e. The lowest BCUT2D eigenvalue weighted by atomic mass is 9.58. The van der Waals surface area contributed by atoms with Gasteiger partial charge in [0, 0.05) is 23.8 Å². The van der Waals surface area contributed by atoms with Crippen molar-refractivity contribution in [3.63, 3.8) is 0 Å². The van der Waals surface area contributed by atoms with Crippen LogP contribution in [0.25, 0.3) is 0 Å². The van der Waals surface area contributed by atoms with E-state index in [0.717, 1.165) is 29.2 Å². The number of carbonyl (C=O) groups is 1. The van der Waals surface area contributed by atoms with Crippen molar-refractivity contribution in [1.82, 2.24) is 0 Å². The van der Waals surface area contributed by atoms with E-state index in [2.05, 4.69) is 45.2 Å². The second-order valence-corrected chi connectivity index (χ2v) is 9.75. The maximum atomic E-state index is 13.8. The van der Waals surface area contributed by atoms with Crippen LogP contribution in [-0.4, -0.2) is 29.7 Å². The number of aliphatic imine (C=N–C) groups is 1. The number of thioether (sulfide) groups is 1. The Morgan fingerprint density at radius 3 is 2.75 bits per heavy atom. The number of hydrogen-bond acceptors (Lipinski definition) is 4. The number of allylic oxidation sites excluding steroid dienone is 2.